The molecule has 1 spiro atoms. The summed E-state index contributed by atoms with van der Waals surface area (Å²) in [7, 11) is 0. The quantitative estimate of drug-likeness (QED) is 0.927. The van der Waals surface area contributed by atoms with Crippen LogP contribution in [-0.2, 0) is 20.7 Å². The van der Waals surface area contributed by atoms with E-state index in [1.54, 1.807) is 6.92 Å². The number of ether oxygens (including phenoxy) is 2. The summed E-state index contributed by atoms with van der Waals surface area (Å²) in [5.74, 6) is -1.24. The second kappa shape index (κ2) is 6.01. The van der Waals surface area contributed by atoms with Crippen LogP contribution in [0.4, 0.5) is 0 Å². The Hall–Kier alpha value is -1.39. The van der Waals surface area contributed by atoms with Crippen molar-refractivity contribution in [2.45, 2.75) is 57.3 Å². The molecule has 1 heterocycles. The Bertz CT molecular complexity index is 539. The van der Waals surface area contributed by atoms with Crippen LogP contribution in [0.3, 0.4) is 0 Å². The molecule has 1 aliphatic carbocycles. The number of rotatable bonds is 4. The van der Waals surface area contributed by atoms with Crippen LogP contribution in [0.2, 0.25) is 0 Å². The largest absolute Gasteiger partial charge is 0.481 e. The highest BCUT2D eigenvalue weighted by atomic mass is 16.7. The van der Waals surface area contributed by atoms with Crippen molar-refractivity contribution in [3.8, 4) is 0 Å². The van der Waals surface area contributed by atoms with Gasteiger partial charge in [0.25, 0.3) is 0 Å². The van der Waals surface area contributed by atoms with E-state index >= 15 is 0 Å². The van der Waals surface area contributed by atoms with Crippen molar-refractivity contribution < 1.29 is 19.4 Å². The Kier molecular flexibility index (Phi) is 4.24. The Balaban J connectivity index is 1.69. The Labute approximate surface area is 131 Å². The lowest BCUT2D eigenvalue weighted by Crippen LogP contribution is -2.36. The van der Waals surface area contributed by atoms with Crippen LogP contribution in [0, 0.1) is 5.92 Å². The van der Waals surface area contributed by atoms with Crippen molar-refractivity contribution in [2.24, 2.45) is 5.92 Å². The lowest BCUT2D eigenvalue weighted by molar-refractivity contribution is -0.189. The molecule has 1 aliphatic heterocycles. The minimum atomic E-state index is -0.788. The summed E-state index contributed by atoms with van der Waals surface area (Å²) >= 11 is 0. The molecule has 22 heavy (non-hydrogen) atoms. The van der Waals surface area contributed by atoms with Gasteiger partial charge in [0.05, 0.1) is 18.6 Å². The minimum absolute atomic E-state index is 0.180. The molecule has 1 saturated carbocycles. The van der Waals surface area contributed by atoms with Crippen molar-refractivity contribution >= 4 is 5.97 Å². The van der Waals surface area contributed by atoms with Gasteiger partial charge in [-0.1, -0.05) is 24.3 Å². The van der Waals surface area contributed by atoms with Gasteiger partial charge in [0.2, 0.25) is 0 Å². The molecule has 4 unspecified atom stereocenters. The molecular weight excluding hydrogens is 280 g/mol. The molecule has 0 aromatic heterocycles. The zero-order valence-electron chi connectivity index (χ0n) is 13.2. The summed E-state index contributed by atoms with van der Waals surface area (Å²) in [6.07, 6.45) is 4.36. The maximum Gasteiger partial charge on any atom is 0.310 e. The van der Waals surface area contributed by atoms with Crippen LogP contribution in [0.5, 0.6) is 0 Å². The molecule has 4 atom stereocenters. The first-order chi connectivity index (χ1) is 10.5. The number of hydrogen-bond donors (Lipinski definition) is 1. The van der Waals surface area contributed by atoms with E-state index < -0.39 is 11.9 Å². The molecule has 0 radical (unpaired) electrons. The third kappa shape index (κ3) is 2.90. The molecule has 120 valence electrons. The van der Waals surface area contributed by atoms with Gasteiger partial charge in [-0.2, -0.15) is 0 Å². The van der Waals surface area contributed by atoms with Gasteiger partial charge < -0.3 is 14.6 Å². The normalized spacial score (nSPS) is 32.5. The minimum Gasteiger partial charge on any atom is -0.481 e. The predicted molar refractivity (Wildman–Crippen MR) is 82.8 cm³/mol. The standard InChI is InChI=1S/C18H24O4/c1-12-11-21-18(22-12)9-3-4-16(18)10-14-5-7-15(8-6-14)13(2)17(19)20/h5-8,12-13,16H,3-4,9-11H2,1-2H3,(H,19,20). The number of carboxylic acids is 1. The van der Waals surface area contributed by atoms with Gasteiger partial charge in [-0.05, 0) is 44.2 Å². The summed E-state index contributed by atoms with van der Waals surface area (Å²) in [5.41, 5.74) is 2.07. The number of benzene rings is 1. The average molecular weight is 304 g/mol. The predicted octanol–water partition coefficient (Wildman–Crippen LogP) is 3.35. The van der Waals surface area contributed by atoms with Crippen molar-refractivity contribution in [3.63, 3.8) is 0 Å². The Morgan fingerprint density at radius 3 is 2.73 bits per heavy atom. The molecule has 4 heteroatoms. The topological polar surface area (TPSA) is 55.8 Å². The smallest absolute Gasteiger partial charge is 0.310 e. The molecular formula is C18H24O4. The van der Waals surface area contributed by atoms with Gasteiger partial charge in [-0.25, -0.2) is 0 Å². The molecule has 3 rings (SSSR count). The first-order valence-corrected chi connectivity index (χ1v) is 8.13. The highest BCUT2D eigenvalue weighted by Gasteiger charge is 2.49. The molecule has 2 fully saturated rings. The van der Waals surface area contributed by atoms with E-state index in [-0.39, 0.29) is 11.9 Å². The van der Waals surface area contributed by atoms with Crippen LogP contribution in [0.25, 0.3) is 0 Å². The van der Waals surface area contributed by atoms with Crippen molar-refractivity contribution in [3.05, 3.63) is 35.4 Å². The Morgan fingerprint density at radius 2 is 2.14 bits per heavy atom. The zero-order valence-corrected chi connectivity index (χ0v) is 13.2. The third-order valence-electron chi connectivity index (χ3n) is 5.00. The average Bonchev–Trinajstić information content (AvgIpc) is 3.06. The number of aliphatic carboxylic acids is 1. The van der Waals surface area contributed by atoms with Crippen LogP contribution >= 0.6 is 0 Å². The van der Waals surface area contributed by atoms with Crippen LogP contribution in [0.15, 0.2) is 24.3 Å². The second-order valence-corrected chi connectivity index (χ2v) is 6.65. The Morgan fingerprint density at radius 1 is 1.41 bits per heavy atom. The van der Waals surface area contributed by atoms with Crippen LogP contribution < -0.4 is 0 Å². The van der Waals surface area contributed by atoms with Crippen molar-refractivity contribution in [2.75, 3.05) is 6.61 Å². The molecule has 1 saturated heterocycles. The van der Waals surface area contributed by atoms with Gasteiger partial charge in [-0.3, -0.25) is 4.79 Å². The van der Waals surface area contributed by atoms with Gasteiger partial charge in [0.1, 0.15) is 0 Å². The van der Waals surface area contributed by atoms with E-state index in [1.807, 2.05) is 24.3 Å². The number of hydrogen-bond acceptors (Lipinski definition) is 3. The van der Waals surface area contributed by atoms with Gasteiger partial charge in [0, 0.05) is 12.3 Å². The molecule has 2 aliphatic rings. The van der Waals surface area contributed by atoms with Gasteiger partial charge >= 0.3 is 5.97 Å². The van der Waals surface area contributed by atoms with E-state index in [0.29, 0.717) is 12.5 Å². The lowest BCUT2D eigenvalue weighted by atomic mass is 9.92. The molecule has 4 nitrogen and oxygen atoms in total. The molecule has 1 aromatic rings. The van der Waals surface area contributed by atoms with E-state index in [2.05, 4.69) is 6.92 Å². The maximum atomic E-state index is 11.0. The van der Waals surface area contributed by atoms with Crippen molar-refractivity contribution in [1.29, 1.82) is 0 Å². The van der Waals surface area contributed by atoms with Crippen LogP contribution in [-0.4, -0.2) is 29.6 Å². The van der Waals surface area contributed by atoms with Crippen molar-refractivity contribution in [1.82, 2.24) is 0 Å². The first-order valence-electron chi connectivity index (χ1n) is 8.13. The van der Waals surface area contributed by atoms with E-state index in [9.17, 15) is 4.79 Å². The summed E-state index contributed by atoms with van der Waals surface area (Å²) < 4.78 is 12.1. The van der Waals surface area contributed by atoms with E-state index in [1.165, 1.54) is 5.56 Å². The van der Waals surface area contributed by atoms with Crippen LogP contribution in [0.1, 0.15) is 50.2 Å². The fourth-order valence-corrected chi connectivity index (χ4v) is 3.66. The van der Waals surface area contributed by atoms with Gasteiger partial charge in [-0.15, -0.1) is 0 Å². The highest BCUT2D eigenvalue weighted by Crippen LogP contribution is 2.45. The SMILES string of the molecule is CC1COC2(CCCC2Cc2ccc(C(C)C(=O)O)cc2)O1. The first kappa shape index (κ1) is 15.5. The molecule has 1 aromatic carbocycles. The number of carboxylic acid groups (broad SMARTS) is 1. The zero-order chi connectivity index (χ0) is 15.7. The fourth-order valence-electron chi connectivity index (χ4n) is 3.66. The monoisotopic (exact) mass is 304 g/mol. The van der Waals surface area contributed by atoms with Gasteiger partial charge in [0.15, 0.2) is 5.79 Å². The highest BCUT2D eigenvalue weighted by molar-refractivity contribution is 5.75. The number of carbonyl (C=O) groups is 1. The van der Waals surface area contributed by atoms with E-state index in [0.717, 1.165) is 31.2 Å². The van der Waals surface area contributed by atoms with E-state index in [4.69, 9.17) is 14.6 Å². The fraction of sp³-hybridized carbons (Fsp3) is 0.611. The summed E-state index contributed by atoms with van der Waals surface area (Å²) in [6.45, 7) is 4.46. The maximum absolute atomic E-state index is 11.0. The third-order valence-corrected chi connectivity index (χ3v) is 5.00. The second-order valence-electron chi connectivity index (χ2n) is 6.65. The lowest BCUT2D eigenvalue weighted by Gasteiger charge is -2.30. The summed E-state index contributed by atoms with van der Waals surface area (Å²) in [4.78, 5) is 11.0. The molecule has 0 amide bonds. The molecule has 0 bridgehead atoms. The summed E-state index contributed by atoms with van der Waals surface area (Å²) in [6, 6.07) is 7.93. The molecule has 1 N–H and O–H groups in total. The summed E-state index contributed by atoms with van der Waals surface area (Å²) in [5, 5.41) is 9.07.